The average Bonchev–Trinajstić information content (AvgIpc) is 2.79. The van der Waals surface area contributed by atoms with Gasteiger partial charge in [0.2, 0.25) is 16.9 Å². The molecule has 9 nitrogen and oxygen atoms in total. The van der Waals surface area contributed by atoms with Crippen molar-refractivity contribution in [2.45, 2.75) is 12.6 Å². The van der Waals surface area contributed by atoms with Crippen molar-refractivity contribution in [3.8, 4) is 23.0 Å². The number of ether oxygens (including phenoxy) is 3. The molecule has 9 heteroatoms. The van der Waals surface area contributed by atoms with Gasteiger partial charge >= 0.3 is 0 Å². The Morgan fingerprint density at radius 3 is 2.33 bits per heavy atom. The summed E-state index contributed by atoms with van der Waals surface area (Å²) in [6.07, 6.45) is 1.59. The number of benzene rings is 1. The van der Waals surface area contributed by atoms with Crippen LogP contribution in [0.2, 0.25) is 0 Å². The van der Waals surface area contributed by atoms with Gasteiger partial charge in [0, 0.05) is 12.3 Å². The van der Waals surface area contributed by atoms with Gasteiger partial charge in [-0.15, -0.1) is 0 Å². The van der Waals surface area contributed by atoms with Crippen LogP contribution < -0.4 is 25.0 Å². The first-order chi connectivity index (χ1) is 14.5. The second-order valence-electron chi connectivity index (χ2n) is 6.20. The van der Waals surface area contributed by atoms with Crippen LogP contribution in [0.3, 0.4) is 0 Å². The van der Waals surface area contributed by atoms with Crippen LogP contribution in [0.1, 0.15) is 23.1 Å². The summed E-state index contributed by atoms with van der Waals surface area (Å²) in [6.45, 7) is -0.506. The summed E-state index contributed by atoms with van der Waals surface area (Å²) in [5.41, 5.74) is -0.149. The summed E-state index contributed by atoms with van der Waals surface area (Å²) in [6, 6.07) is 8.74. The van der Waals surface area contributed by atoms with Crippen LogP contribution in [0.5, 0.6) is 23.0 Å². The number of pyridine rings is 1. The maximum atomic E-state index is 12.2. The molecule has 0 spiro atoms. The zero-order chi connectivity index (χ0) is 21.7. The predicted molar refractivity (Wildman–Crippen MR) is 108 cm³/mol. The number of aliphatic hydroxyl groups excluding tert-OH is 1. The average molecular weight is 414 g/mol. The standard InChI is InChI=1S/C21H22N2O7/c1-27-15-8-12(9-16(28-2)20(15)29-3)18(23-17-6-4-5-7-22-17)21-19(26)14(25)10-13(11-24)30-21/h4-10,18,24,26H,11H2,1-3H3,(H,22,23)/t18-/m0/s1. The molecule has 0 aliphatic heterocycles. The van der Waals surface area contributed by atoms with Gasteiger partial charge in [-0.2, -0.15) is 0 Å². The lowest BCUT2D eigenvalue weighted by molar-refractivity contribution is 0.234. The van der Waals surface area contributed by atoms with E-state index >= 15 is 0 Å². The molecule has 3 N–H and O–H groups in total. The Hall–Kier alpha value is -3.72. The first-order valence-electron chi connectivity index (χ1n) is 8.96. The van der Waals surface area contributed by atoms with Crippen molar-refractivity contribution in [3.63, 3.8) is 0 Å². The predicted octanol–water partition coefficient (Wildman–Crippen LogP) is 2.46. The number of hydrogen-bond acceptors (Lipinski definition) is 9. The van der Waals surface area contributed by atoms with Crippen molar-refractivity contribution in [3.05, 3.63) is 69.9 Å². The summed E-state index contributed by atoms with van der Waals surface area (Å²) in [4.78, 5) is 16.5. The van der Waals surface area contributed by atoms with Gasteiger partial charge in [0.15, 0.2) is 17.3 Å². The Labute approximate surface area is 172 Å². The van der Waals surface area contributed by atoms with E-state index in [4.69, 9.17) is 18.6 Å². The van der Waals surface area contributed by atoms with E-state index in [1.54, 1.807) is 36.5 Å². The maximum Gasteiger partial charge on any atom is 0.227 e. The van der Waals surface area contributed by atoms with Gasteiger partial charge in [-0.25, -0.2) is 4.98 Å². The van der Waals surface area contributed by atoms with E-state index in [-0.39, 0.29) is 11.5 Å². The van der Waals surface area contributed by atoms with E-state index in [1.165, 1.54) is 21.3 Å². The summed E-state index contributed by atoms with van der Waals surface area (Å²) in [7, 11) is 4.44. The Bertz CT molecular complexity index is 1040. The maximum absolute atomic E-state index is 12.2. The Kier molecular flexibility index (Phi) is 6.43. The third-order valence-electron chi connectivity index (χ3n) is 4.40. The Balaban J connectivity index is 2.23. The van der Waals surface area contributed by atoms with Crippen LogP contribution >= 0.6 is 0 Å². The highest BCUT2D eigenvalue weighted by molar-refractivity contribution is 5.57. The summed E-state index contributed by atoms with van der Waals surface area (Å²) < 4.78 is 21.8. The molecule has 158 valence electrons. The van der Waals surface area contributed by atoms with E-state index in [2.05, 4.69) is 10.3 Å². The van der Waals surface area contributed by atoms with E-state index in [1.807, 2.05) is 0 Å². The molecule has 0 amide bonds. The van der Waals surface area contributed by atoms with E-state index in [9.17, 15) is 15.0 Å². The van der Waals surface area contributed by atoms with Crippen LogP contribution in [0.25, 0.3) is 0 Å². The van der Waals surface area contributed by atoms with Gasteiger partial charge in [-0.05, 0) is 29.8 Å². The molecule has 0 bridgehead atoms. The molecule has 3 aromatic rings. The minimum Gasteiger partial charge on any atom is -0.502 e. The molecule has 0 aliphatic carbocycles. The van der Waals surface area contributed by atoms with Gasteiger partial charge < -0.3 is 34.2 Å². The van der Waals surface area contributed by atoms with Gasteiger partial charge in [-0.1, -0.05) is 6.07 Å². The molecule has 0 radical (unpaired) electrons. The highest BCUT2D eigenvalue weighted by Gasteiger charge is 2.27. The molecule has 30 heavy (non-hydrogen) atoms. The number of aliphatic hydroxyl groups is 1. The molecule has 1 atom stereocenters. The molecule has 1 aromatic carbocycles. The van der Waals surface area contributed by atoms with Gasteiger partial charge in [-0.3, -0.25) is 4.79 Å². The van der Waals surface area contributed by atoms with Crippen molar-refractivity contribution < 1.29 is 28.8 Å². The normalized spacial score (nSPS) is 11.6. The summed E-state index contributed by atoms with van der Waals surface area (Å²) in [5.74, 6) is 0.927. The Morgan fingerprint density at radius 2 is 1.80 bits per heavy atom. The quantitative estimate of drug-likeness (QED) is 0.510. The number of nitrogens with one attached hydrogen (secondary N) is 1. The molecular weight excluding hydrogens is 392 g/mol. The number of anilines is 1. The topological polar surface area (TPSA) is 123 Å². The van der Waals surface area contributed by atoms with E-state index < -0.39 is 23.8 Å². The first-order valence-corrected chi connectivity index (χ1v) is 8.96. The lowest BCUT2D eigenvalue weighted by Gasteiger charge is -2.22. The second kappa shape index (κ2) is 9.19. The second-order valence-corrected chi connectivity index (χ2v) is 6.20. The zero-order valence-electron chi connectivity index (χ0n) is 16.7. The number of hydrogen-bond donors (Lipinski definition) is 3. The van der Waals surface area contributed by atoms with Crippen molar-refractivity contribution in [2.75, 3.05) is 26.6 Å². The molecule has 0 unspecified atom stereocenters. The number of methoxy groups -OCH3 is 3. The molecule has 2 heterocycles. The fourth-order valence-electron chi connectivity index (χ4n) is 2.99. The fourth-order valence-corrected chi connectivity index (χ4v) is 2.99. The molecule has 0 aliphatic rings. The minimum absolute atomic E-state index is 0.00747. The van der Waals surface area contributed by atoms with E-state index in [0.29, 0.717) is 28.6 Å². The molecule has 0 saturated carbocycles. The zero-order valence-corrected chi connectivity index (χ0v) is 16.7. The highest BCUT2D eigenvalue weighted by atomic mass is 16.5. The van der Waals surface area contributed by atoms with Crippen molar-refractivity contribution in [1.82, 2.24) is 4.98 Å². The van der Waals surface area contributed by atoms with Crippen LogP contribution in [0.4, 0.5) is 5.82 Å². The van der Waals surface area contributed by atoms with Crippen LogP contribution in [0, 0.1) is 0 Å². The van der Waals surface area contributed by atoms with Crippen molar-refractivity contribution >= 4 is 5.82 Å². The van der Waals surface area contributed by atoms with E-state index in [0.717, 1.165) is 6.07 Å². The SMILES string of the molecule is COc1cc([C@H](Nc2ccccn2)c2oc(CO)cc(=O)c2O)cc(OC)c1OC. The Morgan fingerprint density at radius 1 is 1.10 bits per heavy atom. The monoisotopic (exact) mass is 414 g/mol. The van der Waals surface area contributed by atoms with Gasteiger partial charge in [0.1, 0.15) is 24.2 Å². The number of aromatic nitrogens is 1. The van der Waals surface area contributed by atoms with Crippen LogP contribution in [-0.2, 0) is 6.61 Å². The summed E-state index contributed by atoms with van der Waals surface area (Å²) in [5, 5.41) is 23.0. The molecule has 0 saturated heterocycles. The lowest BCUT2D eigenvalue weighted by Crippen LogP contribution is -2.17. The minimum atomic E-state index is -0.868. The van der Waals surface area contributed by atoms with Crippen LogP contribution in [0.15, 0.2) is 51.8 Å². The largest absolute Gasteiger partial charge is 0.502 e. The first kappa shape index (κ1) is 21.0. The number of nitrogens with zero attached hydrogens (tertiary/aromatic N) is 1. The molecule has 0 fully saturated rings. The van der Waals surface area contributed by atoms with Gasteiger partial charge in [0.05, 0.1) is 21.3 Å². The number of aromatic hydroxyl groups is 1. The van der Waals surface area contributed by atoms with Crippen molar-refractivity contribution in [1.29, 1.82) is 0 Å². The summed E-state index contributed by atoms with van der Waals surface area (Å²) >= 11 is 0. The molecule has 2 aromatic heterocycles. The smallest absolute Gasteiger partial charge is 0.227 e. The highest BCUT2D eigenvalue weighted by Crippen LogP contribution is 2.42. The number of rotatable bonds is 8. The lowest BCUT2D eigenvalue weighted by atomic mass is 10.0. The van der Waals surface area contributed by atoms with Crippen LogP contribution in [-0.4, -0.2) is 36.5 Å². The third-order valence-corrected chi connectivity index (χ3v) is 4.40. The van der Waals surface area contributed by atoms with Crippen molar-refractivity contribution in [2.24, 2.45) is 0 Å². The third kappa shape index (κ3) is 4.15. The molecular formula is C21H22N2O7. The molecule has 3 rings (SSSR count). The van der Waals surface area contributed by atoms with Gasteiger partial charge in [0.25, 0.3) is 0 Å². The fraction of sp³-hybridized carbons (Fsp3) is 0.238.